The Hall–Kier alpha value is -2.37. The normalized spacial score (nSPS) is 11.2. The maximum absolute atomic E-state index is 12.8. The zero-order chi connectivity index (χ0) is 14.8. The third kappa shape index (κ3) is 3.34. The molecular formula is C14H8F4O2. The topological polar surface area (TPSA) is 26.3 Å². The van der Waals surface area contributed by atoms with Gasteiger partial charge in [0.15, 0.2) is 0 Å². The van der Waals surface area contributed by atoms with Crippen LogP contribution in [0.15, 0.2) is 48.5 Å². The second kappa shape index (κ2) is 5.32. The van der Waals surface area contributed by atoms with E-state index in [1.807, 2.05) is 0 Å². The van der Waals surface area contributed by atoms with E-state index in [0.717, 1.165) is 0 Å². The molecule has 0 N–H and O–H groups in total. The summed E-state index contributed by atoms with van der Waals surface area (Å²) in [6, 6.07) is 11.0. The lowest BCUT2D eigenvalue weighted by Crippen LogP contribution is -2.27. The summed E-state index contributed by atoms with van der Waals surface area (Å²) in [6.07, 6.45) is -5.03. The zero-order valence-corrected chi connectivity index (χ0v) is 9.95. The van der Waals surface area contributed by atoms with Crippen LogP contribution in [0.25, 0.3) is 11.1 Å². The molecule has 0 aliphatic rings. The Morgan fingerprint density at radius 2 is 1.30 bits per heavy atom. The Morgan fingerprint density at radius 1 is 0.850 bits per heavy atom. The lowest BCUT2D eigenvalue weighted by molar-refractivity contribution is -0.189. The summed E-state index contributed by atoms with van der Waals surface area (Å²) < 4.78 is 52.9. The lowest BCUT2D eigenvalue weighted by Gasteiger charge is -2.07. The highest BCUT2D eigenvalue weighted by atomic mass is 19.4. The minimum absolute atomic E-state index is 0.210. The van der Waals surface area contributed by atoms with Crippen LogP contribution in [-0.4, -0.2) is 12.1 Å². The fraction of sp³-hybridized carbons (Fsp3) is 0.0714. The highest BCUT2D eigenvalue weighted by Gasteiger charge is 2.41. The van der Waals surface area contributed by atoms with E-state index in [9.17, 15) is 22.4 Å². The van der Waals surface area contributed by atoms with Gasteiger partial charge in [-0.25, -0.2) is 9.18 Å². The molecule has 0 fully saturated rings. The first-order chi connectivity index (χ1) is 9.36. The van der Waals surface area contributed by atoms with Crippen LogP contribution in [0.4, 0.5) is 17.6 Å². The first-order valence-electron chi connectivity index (χ1n) is 5.51. The summed E-state index contributed by atoms with van der Waals surface area (Å²) in [5, 5.41) is 0. The smallest absolute Gasteiger partial charge is 0.420 e. The van der Waals surface area contributed by atoms with Crippen molar-refractivity contribution in [3.05, 3.63) is 54.3 Å². The first kappa shape index (κ1) is 14.0. The quantitative estimate of drug-likeness (QED) is 0.474. The number of hydrogen-bond acceptors (Lipinski definition) is 2. The lowest BCUT2D eigenvalue weighted by atomic mass is 10.1. The second-order valence-electron chi connectivity index (χ2n) is 3.92. The summed E-state index contributed by atoms with van der Waals surface area (Å²) in [6.45, 7) is 0. The monoisotopic (exact) mass is 284 g/mol. The van der Waals surface area contributed by atoms with Gasteiger partial charge in [0, 0.05) is 0 Å². The third-order valence-electron chi connectivity index (χ3n) is 2.47. The third-order valence-corrected chi connectivity index (χ3v) is 2.47. The average Bonchev–Trinajstić information content (AvgIpc) is 2.39. The Bertz CT molecular complexity index is 601. The van der Waals surface area contributed by atoms with Crippen molar-refractivity contribution < 1.29 is 27.1 Å². The Morgan fingerprint density at radius 3 is 1.75 bits per heavy atom. The van der Waals surface area contributed by atoms with Gasteiger partial charge in [0.2, 0.25) is 0 Å². The van der Waals surface area contributed by atoms with Crippen molar-refractivity contribution in [1.29, 1.82) is 0 Å². The summed E-state index contributed by atoms with van der Waals surface area (Å²) in [7, 11) is 0. The summed E-state index contributed by atoms with van der Waals surface area (Å²) in [5.74, 6) is -2.87. The number of carbonyl (C=O) groups excluding carboxylic acids is 1. The van der Waals surface area contributed by atoms with Gasteiger partial charge in [-0.05, 0) is 35.4 Å². The number of halogens is 4. The van der Waals surface area contributed by atoms with Crippen molar-refractivity contribution in [3.8, 4) is 16.9 Å². The molecule has 0 saturated carbocycles. The maximum Gasteiger partial charge on any atom is 0.491 e. The molecule has 6 heteroatoms. The van der Waals surface area contributed by atoms with Gasteiger partial charge in [-0.15, -0.1) is 0 Å². The molecule has 0 aliphatic carbocycles. The molecule has 0 aromatic heterocycles. The van der Waals surface area contributed by atoms with Gasteiger partial charge in [0.05, 0.1) is 0 Å². The van der Waals surface area contributed by atoms with Crippen LogP contribution in [0.2, 0.25) is 0 Å². The molecule has 0 aliphatic heterocycles. The van der Waals surface area contributed by atoms with Gasteiger partial charge in [-0.2, -0.15) is 13.2 Å². The number of ether oxygens (including phenoxy) is 1. The highest BCUT2D eigenvalue weighted by molar-refractivity contribution is 5.78. The second-order valence-corrected chi connectivity index (χ2v) is 3.92. The Kier molecular flexibility index (Phi) is 3.74. The largest absolute Gasteiger partial charge is 0.491 e. The van der Waals surface area contributed by atoms with Crippen LogP contribution < -0.4 is 4.74 Å². The van der Waals surface area contributed by atoms with Crippen molar-refractivity contribution in [2.45, 2.75) is 6.18 Å². The summed E-state index contributed by atoms with van der Waals surface area (Å²) in [4.78, 5) is 10.6. The molecule has 0 saturated heterocycles. The van der Waals surface area contributed by atoms with Gasteiger partial charge in [-0.3, -0.25) is 0 Å². The molecule has 2 aromatic carbocycles. The fourth-order valence-electron chi connectivity index (χ4n) is 1.52. The van der Waals surface area contributed by atoms with E-state index < -0.39 is 12.1 Å². The predicted octanol–water partition coefficient (Wildman–Crippen LogP) is 3.96. The van der Waals surface area contributed by atoms with E-state index in [4.69, 9.17) is 0 Å². The number of carbonyl (C=O) groups is 1. The Labute approximate surface area is 111 Å². The fourth-order valence-corrected chi connectivity index (χ4v) is 1.52. The van der Waals surface area contributed by atoms with E-state index in [-0.39, 0.29) is 11.6 Å². The molecule has 0 unspecified atom stereocenters. The number of benzene rings is 2. The molecule has 2 rings (SSSR count). The number of esters is 1. The van der Waals surface area contributed by atoms with Crippen LogP contribution in [0.3, 0.4) is 0 Å². The molecule has 20 heavy (non-hydrogen) atoms. The predicted molar refractivity (Wildman–Crippen MR) is 63.5 cm³/mol. The van der Waals surface area contributed by atoms with Gasteiger partial charge < -0.3 is 4.74 Å². The Balaban J connectivity index is 2.14. The van der Waals surface area contributed by atoms with Crippen molar-refractivity contribution in [2.75, 3.05) is 0 Å². The van der Waals surface area contributed by atoms with Crippen LogP contribution in [0.5, 0.6) is 5.75 Å². The number of alkyl halides is 3. The van der Waals surface area contributed by atoms with E-state index in [0.29, 0.717) is 11.1 Å². The van der Waals surface area contributed by atoms with Gasteiger partial charge in [-0.1, -0.05) is 24.3 Å². The van der Waals surface area contributed by atoms with E-state index in [1.165, 1.54) is 48.5 Å². The molecule has 0 radical (unpaired) electrons. The van der Waals surface area contributed by atoms with Gasteiger partial charge >= 0.3 is 12.1 Å². The zero-order valence-electron chi connectivity index (χ0n) is 9.95. The molecule has 0 bridgehead atoms. The summed E-state index contributed by atoms with van der Waals surface area (Å²) in [5.41, 5.74) is 1.36. The number of hydrogen-bond donors (Lipinski definition) is 0. The van der Waals surface area contributed by atoms with Gasteiger partial charge in [0.1, 0.15) is 11.6 Å². The van der Waals surface area contributed by atoms with Crippen LogP contribution in [0, 0.1) is 5.82 Å². The average molecular weight is 284 g/mol. The molecule has 0 spiro atoms. The van der Waals surface area contributed by atoms with Crippen LogP contribution in [-0.2, 0) is 4.79 Å². The van der Waals surface area contributed by atoms with Gasteiger partial charge in [0.25, 0.3) is 0 Å². The molecular weight excluding hydrogens is 276 g/mol. The highest BCUT2D eigenvalue weighted by Crippen LogP contribution is 2.24. The van der Waals surface area contributed by atoms with Crippen molar-refractivity contribution >= 4 is 5.97 Å². The van der Waals surface area contributed by atoms with Crippen molar-refractivity contribution in [3.63, 3.8) is 0 Å². The van der Waals surface area contributed by atoms with Crippen molar-refractivity contribution in [2.24, 2.45) is 0 Å². The molecule has 104 valence electrons. The van der Waals surface area contributed by atoms with Crippen molar-refractivity contribution in [1.82, 2.24) is 0 Å². The minimum Gasteiger partial charge on any atom is -0.420 e. The molecule has 2 aromatic rings. The molecule has 0 heterocycles. The molecule has 0 atom stereocenters. The van der Waals surface area contributed by atoms with E-state index >= 15 is 0 Å². The summed E-state index contributed by atoms with van der Waals surface area (Å²) >= 11 is 0. The standard InChI is InChI=1S/C14H8F4O2/c15-11-5-1-9(2-6-11)10-3-7-12(8-4-10)20-13(19)14(16,17)18/h1-8H. The first-order valence-corrected chi connectivity index (χ1v) is 5.51. The maximum atomic E-state index is 12.8. The van der Waals surface area contributed by atoms with E-state index in [1.54, 1.807) is 0 Å². The van der Waals surface area contributed by atoms with E-state index in [2.05, 4.69) is 4.74 Å². The van der Waals surface area contributed by atoms with Crippen LogP contribution >= 0.6 is 0 Å². The van der Waals surface area contributed by atoms with Crippen LogP contribution in [0.1, 0.15) is 0 Å². The number of rotatable bonds is 2. The molecule has 2 nitrogen and oxygen atoms in total. The minimum atomic E-state index is -5.03. The SMILES string of the molecule is O=C(Oc1ccc(-c2ccc(F)cc2)cc1)C(F)(F)F. The molecule has 0 amide bonds.